The summed E-state index contributed by atoms with van der Waals surface area (Å²) in [5, 5.41) is 4.26. The Kier molecular flexibility index (Phi) is 3.50. The molecule has 4 heteroatoms. The van der Waals surface area contributed by atoms with E-state index in [1.165, 1.54) is 16.6 Å². The van der Waals surface area contributed by atoms with Crippen LogP contribution in [0.1, 0.15) is 11.3 Å². The number of amides is 2. The smallest absolute Gasteiger partial charge is 0.318 e. The van der Waals surface area contributed by atoms with Crippen LogP contribution in [-0.2, 0) is 19.6 Å². The first-order chi connectivity index (χ1) is 11.3. The minimum atomic E-state index is 0.00496. The van der Waals surface area contributed by atoms with Crippen molar-refractivity contribution in [2.45, 2.75) is 19.6 Å². The van der Waals surface area contributed by atoms with Gasteiger partial charge in [0.05, 0.1) is 6.54 Å². The number of para-hydroxylation sites is 1. The quantitative estimate of drug-likeness (QED) is 0.774. The molecule has 2 aromatic carbocycles. The van der Waals surface area contributed by atoms with Gasteiger partial charge in [-0.15, -0.1) is 0 Å². The second-order valence-electron chi connectivity index (χ2n) is 5.91. The molecule has 1 N–H and O–H groups in total. The van der Waals surface area contributed by atoms with Crippen molar-refractivity contribution >= 4 is 16.9 Å². The SMILES string of the molecule is O=C(NCc1ccccc1)N1CCn2c(cc3ccccc32)C1. The van der Waals surface area contributed by atoms with E-state index < -0.39 is 0 Å². The first kappa shape index (κ1) is 13.9. The van der Waals surface area contributed by atoms with Crippen molar-refractivity contribution in [1.82, 2.24) is 14.8 Å². The summed E-state index contributed by atoms with van der Waals surface area (Å²) in [4.78, 5) is 14.3. The third-order valence-corrected chi connectivity index (χ3v) is 4.42. The zero-order valence-electron chi connectivity index (χ0n) is 12.9. The largest absolute Gasteiger partial charge is 0.341 e. The number of fused-ring (bicyclic) bond motifs is 3. The molecule has 0 radical (unpaired) electrons. The number of aromatic nitrogens is 1. The summed E-state index contributed by atoms with van der Waals surface area (Å²) in [6.45, 7) is 2.82. The van der Waals surface area contributed by atoms with Crippen LogP contribution < -0.4 is 5.32 Å². The van der Waals surface area contributed by atoms with E-state index in [9.17, 15) is 4.79 Å². The minimum Gasteiger partial charge on any atom is -0.341 e. The van der Waals surface area contributed by atoms with E-state index in [1.807, 2.05) is 35.2 Å². The summed E-state index contributed by atoms with van der Waals surface area (Å²) in [7, 11) is 0. The molecule has 23 heavy (non-hydrogen) atoms. The molecule has 0 spiro atoms. The number of benzene rings is 2. The van der Waals surface area contributed by atoms with Gasteiger partial charge in [-0.2, -0.15) is 0 Å². The summed E-state index contributed by atoms with van der Waals surface area (Å²) < 4.78 is 2.32. The van der Waals surface area contributed by atoms with Crippen LogP contribution in [0.3, 0.4) is 0 Å². The van der Waals surface area contributed by atoms with Gasteiger partial charge in [0.15, 0.2) is 0 Å². The Balaban J connectivity index is 1.46. The molecule has 4 rings (SSSR count). The maximum atomic E-state index is 12.4. The van der Waals surface area contributed by atoms with Gasteiger partial charge in [-0.1, -0.05) is 48.5 Å². The highest BCUT2D eigenvalue weighted by molar-refractivity contribution is 5.82. The molecular weight excluding hydrogens is 286 g/mol. The molecule has 0 fully saturated rings. The molecule has 0 aliphatic carbocycles. The highest BCUT2D eigenvalue weighted by Gasteiger charge is 2.21. The zero-order chi connectivity index (χ0) is 15.6. The predicted molar refractivity (Wildman–Crippen MR) is 91.0 cm³/mol. The molecule has 1 aliphatic rings. The second-order valence-corrected chi connectivity index (χ2v) is 5.91. The van der Waals surface area contributed by atoms with Crippen LogP contribution in [-0.4, -0.2) is 22.0 Å². The molecule has 1 aliphatic heterocycles. The molecule has 2 amide bonds. The molecule has 116 valence electrons. The lowest BCUT2D eigenvalue weighted by Crippen LogP contribution is -2.43. The molecule has 0 unspecified atom stereocenters. The average molecular weight is 305 g/mol. The standard InChI is InChI=1S/C19H19N3O/c23-19(20-13-15-6-2-1-3-7-15)21-10-11-22-17(14-21)12-16-8-4-5-9-18(16)22/h1-9,12H,10-11,13-14H2,(H,20,23). The van der Waals surface area contributed by atoms with Crippen LogP contribution in [0.2, 0.25) is 0 Å². The van der Waals surface area contributed by atoms with Crippen LogP contribution in [0, 0.1) is 0 Å². The molecule has 2 heterocycles. The highest BCUT2D eigenvalue weighted by Crippen LogP contribution is 2.23. The van der Waals surface area contributed by atoms with Crippen molar-refractivity contribution in [3.8, 4) is 0 Å². The Bertz CT molecular complexity index is 838. The van der Waals surface area contributed by atoms with Gasteiger partial charge in [-0.25, -0.2) is 4.79 Å². The molecule has 3 aromatic rings. The van der Waals surface area contributed by atoms with E-state index >= 15 is 0 Å². The van der Waals surface area contributed by atoms with Gasteiger partial charge < -0.3 is 14.8 Å². The molecule has 0 saturated heterocycles. The number of urea groups is 1. The van der Waals surface area contributed by atoms with Gasteiger partial charge in [0.2, 0.25) is 0 Å². The van der Waals surface area contributed by atoms with Gasteiger partial charge in [0.1, 0.15) is 0 Å². The lowest BCUT2D eigenvalue weighted by molar-refractivity contribution is 0.183. The van der Waals surface area contributed by atoms with E-state index in [0.717, 1.165) is 18.7 Å². The van der Waals surface area contributed by atoms with Crippen molar-refractivity contribution in [1.29, 1.82) is 0 Å². The van der Waals surface area contributed by atoms with E-state index in [0.29, 0.717) is 13.1 Å². The van der Waals surface area contributed by atoms with Gasteiger partial charge in [0.25, 0.3) is 0 Å². The van der Waals surface area contributed by atoms with E-state index in [1.54, 1.807) is 0 Å². The minimum absolute atomic E-state index is 0.00496. The van der Waals surface area contributed by atoms with Crippen LogP contribution in [0.25, 0.3) is 10.9 Å². The third kappa shape index (κ3) is 2.68. The summed E-state index contributed by atoms with van der Waals surface area (Å²) in [5.74, 6) is 0. The van der Waals surface area contributed by atoms with Gasteiger partial charge in [-0.3, -0.25) is 0 Å². The van der Waals surface area contributed by atoms with Crippen molar-refractivity contribution in [3.05, 3.63) is 71.9 Å². The fraction of sp³-hybridized carbons (Fsp3) is 0.211. The summed E-state index contributed by atoms with van der Waals surface area (Å²) >= 11 is 0. The molecule has 0 atom stereocenters. The van der Waals surface area contributed by atoms with Crippen LogP contribution in [0.5, 0.6) is 0 Å². The molecule has 0 saturated carbocycles. The van der Waals surface area contributed by atoms with Crippen molar-refractivity contribution in [2.75, 3.05) is 6.54 Å². The van der Waals surface area contributed by atoms with Crippen molar-refractivity contribution in [2.24, 2.45) is 0 Å². The van der Waals surface area contributed by atoms with Gasteiger partial charge in [0, 0.05) is 30.8 Å². The summed E-state index contributed by atoms with van der Waals surface area (Å²) in [6.07, 6.45) is 0. The number of hydrogen-bond donors (Lipinski definition) is 1. The Morgan fingerprint density at radius 2 is 1.78 bits per heavy atom. The van der Waals surface area contributed by atoms with Crippen LogP contribution >= 0.6 is 0 Å². The Morgan fingerprint density at radius 1 is 1.00 bits per heavy atom. The molecule has 1 aromatic heterocycles. The van der Waals surface area contributed by atoms with Crippen molar-refractivity contribution < 1.29 is 4.79 Å². The Morgan fingerprint density at radius 3 is 2.65 bits per heavy atom. The fourth-order valence-electron chi connectivity index (χ4n) is 3.22. The Hall–Kier alpha value is -2.75. The topological polar surface area (TPSA) is 37.3 Å². The number of carbonyl (C=O) groups excluding carboxylic acids is 1. The number of nitrogens with one attached hydrogen (secondary N) is 1. The predicted octanol–water partition coefficient (Wildman–Crippen LogP) is 3.37. The molecule has 4 nitrogen and oxygen atoms in total. The average Bonchev–Trinajstić information content (AvgIpc) is 2.98. The maximum Gasteiger partial charge on any atom is 0.318 e. The van der Waals surface area contributed by atoms with Crippen molar-refractivity contribution in [3.63, 3.8) is 0 Å². The van der Waals surface area contributed by atoms with E-state index in [-0.39, 0.29) is 6.03 Å². The molecule has 0 bridgehead atoms. The van der Waals surface area contributed by atoms with E-state index in [4.69, 9.17) is 0 Å². The Labute approximate surface area is 135 Å². The number of carbonyl (C=O) groups is 1. The van der Waals surface area contributed by atoms with Gasteiger partial charge >= 0.3 is 6.03 Å². The normalized spacial score (nSPS) is 13.8. The highest BCUT2D eigenvalue weighted by atomic mass is 16.2. The van der Waals surface area contributed by atoms with E-state index in [2.05, 4.69) is 40.2 Å². The third-order valence-electron chi connectivity index (χ3n) is 4.42. The fourth-order valence-corrected chi connectivity index (χ4v) is 3.22. The van der Waals surface area contributed by atoms with Crippen LogP contribution in [0.15, 0.2) is 60.7 Å². The maximum absolute atomic E-state index is 12.4. The zero-order valence-corrected chi connectivity index (χ0v) is 12.9. The first-order valence-electron chi connectivity index (χ1n) is 7.95. The van der Waals surface area contributed by atoms with Gasteiger partial charge in [-0.05, 0) is 23.1 Å². The summed E-state index contributed by atoms with van der Waals surface area (Å²) in [5.41, 5.74) is 3.58. The molecular formula is C19H19N3O. The monoisotopic (exact) mass is 305 g/mol. The lowest BCUT2D eigenvalue weighted by atomic mass is 10.2. The number of nitrogens with zero attached hydrogens (tertiary/aromatic N) is 2. The number of hydrogen-bond acceptors (Lipinski definition) is 1. The van der Waals surface area contributed by atoms with Crippen LogP contribution in [0.4, 0.5) is 4.79 Å². The second kappa shape index (κ2) is 5.80. The summed E-state index contributed by atoms with van der Waals surface area (Å²) in [6, 6.07) is 20.6. The number of rotatable bonds is 2. The lowest BCUT2D eigenvalue weighted by Gasteiger charge is -2.29. The first-order valence-corrected chi connectivity index (χ1v) is 7.95.